The third-order valence-corrected chi connectivity index (χ3v) is 5.86. The monoisotopic (exact) mass is 472 g/mol. The van der Waals surface area contributed by atoms with Crippen LogP contribution in [-0.4, -0.2) is 55.6 Å². The Morgan fingerprint density at radius 3 is 2.63 bits per heavy atom. The van der Waals surface area contributed by atoms with E-state index in [9.17, 15) is 4.79 Å². The lowest BCUT2D eigenvalue weighted by Crippen LogP contribution is -2.25. The molecule has 4 aromatic rings. The Balaban J connectivity index is 1.77. The van der Waals surface area contributed by atoms with Crippen molar-refractivity contribution in [3.05, 3.63) is 78.4 Å². The summed E-state index contributed by atoms with van der Waals surface area (Å²) in [5, 5.41) is 0.953. The molecule has 0 aliphatic carbocycles. The number of hydrogen-bond acceptors (Lipinski definition) is 4. The standard InChI is InChI=1S/C28H29FN4O2/c1-18-8-6-9-19(12-18)23-17-31-28-22(23)13-21(16-30-28)20-14-24(27(29)25(15-20)35-5)33(4)26(34)10-7-11-32(2)3/h6-10,12-17H,11H2,1-5H3,(H,30,31)/b10-7+. The average molecular weight is 473 g/mol. The molecule has 0 saturated heterocycles. The molecule has 1 N–H and O–H groups in total. The van der Waals surface area contributed by atoms with E-state index >= 15 is 4.39 Å². The molecule has 6 nitrogen and oxygen atoms in total. The Morgan fingerprint density at radius 2 is 1.91 bits per heavy atom. The van der Waals surface area contributed by atoms with Crippen LogP contribution in [0.3, 0.4) is 0 Å². The second-order valence-corrected chi connectivity index (χ2v) is 8.77. The fourth-order valence-corrected chi connectivity index (χ4v) is 3.95. The largest absolute Gasteiger partial charge is 0.494 e. The van der Waals surface area contributed by atoms with Crippen molar-refractivity contribution < 1.29 is 13.9 Å². The Labute approximate surface area is 204 Å². The number of rotatable bonds is 7. The minimum absolute atomic E-state index is 0.0579. The van der Waals surface area contributed by atoms with Crippen molar-refractivity contribution in [3.8, 4) is 28.0 Å². The number of aromatic nitrogens is 2. The Hall–Kier alpha value is -3.97. The first kappa shape index (κ1) is 24.2. The van der Waals surface area contributed by atoms with Gasteiger partial charge in [0.1, 0.15) is 5.65 Å². The molecule has 2 heterocycles. The maximum atomic E-state index is 15.2. The van der Waals surface area contributed by atoms with E-state index < -0.39 is 5.82 Å². The highest BCUT2D eigenvalue weighted by atomic mass is 19.1. The van der Waals surface area contributed by atoms with Gasteiger partial charge in [0.15, 0.2) is 11.6 Å². The molecule has 35 heavy (non-hydrogen) atoms. The van der Waals surface area contributed by atoms with Crippen molar-refractivity contribution in [1.82, 2.24) is 14.9 Å². The molecule has 2 aromatic heterocycles. The van der Waals surface area contributed by atoms with E-state index in [0.29, 0.717) is 12.1 Å². The van der Waals surface area contributed by atoms with Gasteiger partial charge in [-0.15, -0.1) is 0 Å². The van der Waals surface area contributed by atoms with Gasteiger partial charge >= 0.3 is 0 Å². The van der Waals surface area contributed by atoms with Gasteiger partial charge in [-0.05, 0) is 50.3 Å². The molecule has 0 fully saturated rings. The summed E-state index contributed by atoms with van der Waals surface area (Å²) in [6.45, 7) is 2.67. The number of amides is 1. The molecule has 0 radical (unpaired) electrons. The summed E-state index contributed by atoms with van der Waals surface area (Å²) in [6, 6.07) is 13.6. The molecule has 0 saturated carbocycles. The number of anilines is 1. The number of pyridine rings is 1. The number of carbonyl (C=O) groups excluding carboxylic acids is 1. The quantitative estimate of drug-likeness (QED) is 0.364. The number of likely N-dealkylation sites (N-methyl/N-ethyl adjacent to an activating group) is 2. The van der Waals surface area contributed by atoms with E-state index in [-0.39, 0.29) is 17.3 Å². The number of fused-ring (bicyclic) bond motifs is 1. The summed E-state index contributed by atoms with van der Waals surface area (Å²) >= 11 is 0. The van der Waals surface area contributed by atoms with Gasteiger partial charge < -0.3 is 19.5 Å². The molecule has 0 bridgehead atoms. The zero-order valence-electron chi connectivity index (χ0n) is 20.6. The summed E-state index contributed by atoms with van der Waals surface area (Å²) in [5.74, 6) is -0.863. The van der Waals surface area contributed by atoms with Crippen LogP contribution in [0, 0.1) is 12.7 Å². The molecule has 0 unspecified atom stereocenters. The summed E-state index contributed by atoms with van der Waals surface area (Å²) in [7, 11) is 6.78. The van der Waals surface area contributed by atoms with E-state index in [0.717, 1.165) is 27.7 Å². The molecule has 0 aliphatic rings. The number of nitrogens with zero attached hydrogens (tertiary/aromatic N) is 3. The summed E-state index contributed by atoms with van der Waals surface area (Å²) in [4.78, 5) is 23.7. The van der Waals surface area contributed by atoms with Gasteiger partial charge in [0.2, 0.25) is 0 Å². The number of aromatic amines is 1. The molecule has 7 heteroatoms. The minimum Gasteiger partial charge on any atom is -0.494 e. The Bertz CT molecular complexity index is 1410. The first-order valence-electron chi connectivity index (χ1n) is 11.3. The number of aryl methyl sites for hydroxylation is 1. The minimum atomic E-state index is -0.593. The lowest BCUT2D eigenvalue weighted by molar-refractivity contribution is -0.113. The predicted octanol–water partition coefficient (Wildman–Crippen LogP) is 5.43. The van der Waals surface area contributed by atoms with Gasteiger partial charge in [-0.1, -0.05) is 35.9 Å². The molecule has 0 spiro atoms. The molecule has 0 atom stereocenters. The summed E-state index contributed by atoms with van der Waals surface area (Å²) < 4.78 is 20.5. The van der Waals surface area contributed by atoms with Crippen LogP contribution in [0.4, 0.5) is 10.1 Å². The van der Waals surface area contributed by atoms with Gasteiger partial charge in [0, 0.05) is 48.6 Å². The van der Waals surface area contributed by atoms with Crippen LogP contribution < -0.4 is 9.64 Å². The summed E-state index contributed by atoms with van der Waals surface area (Å²) in [6.07, 6.45) is 6.86. The number of halogens is 1. The molecule has 0 aliphatic heterocycles. The molecule has 1 amide bonds. The van der Waals surface area contributed by atoms with Crippen LogP contribution in [-0.2, 0) is 4.79 Å². The van der Waals surface area contributed by atoms with Crippen molar-refractivity contribution in [3.63, 3.8) is 0 Å². The maximum absolute atomic E-state index is 15.2. The number of hydrogen-bond donors (Lipinski definition) is 1. The number of ether oxygens (including phenoxy) is 1. The van der Waals surface area contributed by atoms with Gasteiger partial charge in [0.05, 0.1) is 12.8 Å². The van der Waals surface area contributed by atoms with E-state index in [2.05, 4.69) is 35.1 Å². The third kappa shape index (κ3) is 5.10. The predicted molar refractivity (Wildman–Crippen MR) is 139 cm³/mol. The van der Waals surface area contributed by atoms with Crippen LogP contribution in [0.15, 0.2) is 67.0 Å². The molecular weight excluding hydrogens is 443 g/mol. The smallest absolute Gasteiger partial charge is 0.250 e. The zero-order valence-corrected chi connectivity index (χ0v) is 20.6. The average Bonchev–Trinajstić information content (AvgIpc) is 3.27. The van der Waals surface area contributed by atoms with Crippen LogP contribution in [0.25, 0.3) is 33.3 Å². The van der Waals surface area contributed by atoms with Crippen LogP contribution >= 0.6 is 0 Å². The van der Waals surface area contributed by atoms with Gasteiger partial charge in [-0.25, -0.2) is 9.37 Å². The Kier molecular flexibility index (Phi) is 6.98. The van der Waals surface area contributed by atoms with Crippen molar-refractivity contribution in [1.29, 1.82) is 0 Å². The molecule has 180 valence electrons. The highest BCUT2D eigenvalue weighted by Crippen LogP contribution is 2.36. The normalized spacial score (nSPS) is 11.5. The SMILES string of the molecule is COc1cc(-c2cnc3[nH]cc(-c4cccc(C)c4)c3c2)cc(N(C)C(=O)/C=C/CN(C)C)c1F. The van der Waals surface area contributed by atoms with Crippen LogP contribution in [0.2, 0.25) is 0 Å². The van der Waals surface area contributed by atoms with E-state index in [1.54, 1.807) is 31.5 Å². The second kappa shape index (κ2) is 10.1. The molecule has 4 rings (SSSR count). The lowest BCUT2D eigenvalue weighted by Gasteiger charge is -2.19. The zero-order chi connectivity index (χ0) is 25.1. The fraction of sp³-hybridized carbons (Fsp3) is 0.214. The van der Waals surface area contributed by atoms with E-state index in [1.807, 2.05) is 37.3 Å². The first-order valence-corrected chi connectivity index (χ1v) is 11.3. The van der Waals surface area contributed by atoms with Crippen molar-refractivity contribution in [2.45, 2.75) is 6.92 Å². The second-order valence-electron chi connectivity index (χ2n) is 8.77. The topological polar surface area (TPSA) is 61.5 Å². The maximum Gasteiger partial charge on any atom is 0.250 e. The van der Waals surface area contributed by atoms with Gasteiger partial charge in [0.25, 0.3) is 5.91 Å². The Morgan fingerprint density at radius 1 is 1.11 bits per heavy atom. The molecular formula is C28H29FN4O2. The van der Waals surface area contributed by atoms with Gasteiger partial charge in [-0.3, -0.25) is 4.79 Å². The lowest BCUT2D eigenvalue weighted by atomic mass is 10.0. The van der Waals surface area contributed by atoms with Crippen LogP contribution in [0.5, 0.6) is 5.75 Å². The summed E-state index contributed by atoms with van der Waals surface area (Å²) in [5.41, 5.74) is 5.66. The van der Waals surface area contributed by atoms with Crippen molar-refractivity contribution in [2.75, 3.05) is 39.7 Å². The van der Waals surface area contributed by atoms with Crippen LogP contribution in [0.1, 0.15) is 5.56 Å². The van der Waals surface area contributed by atoms with Gasteiger partial charge in [-0.2, -0.15) is 0 Å². The number of nitrogens with one attached hydrogen (secondary N) is 1. The number of benzene rings is 2. The molecule has 2 aromatic carbocycles. The van der Waals surface area contributed by atoms with Crippen molar-refractivity contribution >= 4 is 22.6 Å². The fourth-order valence-electron chi connectivity index (χ4n) is 3.95. The number of carbonyl (C=O) groups is 1. The number of H-pyrrole nitrogens is 1. The highest BCUT2D eigenvalue weighted by Gasteiger charge is 2.19. The highest BCUT2D eigenvalue weighted by molar-refractivity contribution is 6.02. The van der Waals surface area contributed by atoms with Crippen molar-refractivity contribution in [2.24, 2.45) is 0 Å². The first-order chi connectivity index (χ1) is 16.8. The number of methoxy groups -OCH3 is 1. The third-order valence-electron chi connectivity index (χ3n) is 5.86. The van der Waals surface area contributed by atoms with E-state index in [4.69, 9.17) is 4.74 Å². The van der Waals surface area contributed by atoms with E-state index in [1.165, 1.54) is 23.6 Å².